The highest BCUT2D eigenvalue weighted by Gasteiger charge is 2.11. The molecule has 0 unspecified atom stereocenters. The Balaban J connectivity index is 1.72. The normalized spacial score (nSPS) is 10.4. The smallest absolute Gasteiger partial charge is 0.336 e. The molecule has 0 aliphatic heterocycles. The van der Waals surface area contributed by atoms with Crippen LogP contribution in [0.5, 0.6) is 5.75 Å². The number of rotatable bonds is 7. The van der Waals surface area contributed by atoms with E-state index in [9.17, 15) is 14.3 Å². The van der Waals surface area contributed by atoms with Gasteiger partial charge in [-0.1, -0.05) is 42.5 Å². The number of anilines is 1. The molecule has 0 bridgehead atoms. The molecule has 0 aliphatic rings. The van der Waals surface area contributed by atoms with E-state index in [0.717, 1.165) is 11.3 Å². The standard InChI is InChI=1S/C22H20FNO3/c1-15-18(22(25)26)9-6-11-20(15)24-13-16-7-3-5-12-21(16)27-14-17-8-2-4-10-19(17)23/h2-12,24H,13-14H2,1H3,(H,25,26). The number of nitrogens with one attached hydrogen (secondary N) is 1. The highest BCUT2D eigenvalue weighted by Crippen LogP contribution is 2.24. The quantitative estimate of drug-likeness (QED) is 0.617. The molecule has 0 aliphatic carbocycles. The minimum Gasteiger partial charge on any atom is -0.488 e. The molecule has 0 amide bonds. The molecular weight excluding hydrogens is 345 g/mol. The maximum absolute atomic E-state index is 13.8. The fraction of sp³-hybridized carbons (Fsp3) is 0.136. The molecule has 0 heterocycles. The number of ether oxygens (including phenoxy) is 1. The van der Waals surface area contributed by atoms with E-state index in [1.807, 2.05) is 30.3 Å². The van der Waals surface area contributed by atoms with Gasteiger partial charge in [0, 0.05) is 23.4 Å². The first-order valence-corrected chi connectivity index (χ1v) is 8.57. The number of carboxylic acids is 1. The van der Waals surface area contributed by atoms with Crippen molar-refractivity contribution >= 4 is 11.7 Å². The summed E-state index contributed by atoms with van der Waals surface area (Å²) in [6, 6.07) is 19.1. The van der Waals surface area contributed by atoms with Crippen LogP contribution in [0.3, 0.4) is 0 Å². The van der Waals surface area contributed by atoms with Crippen molar-refractivity contribution in [2.45, 2.75) is 20.1 Å². The van der Waals surface area contributed by atoms with Crippen LogP contribution in [0.15, 0.2) is 66.7 Å². The van der Waals surface area contributed by atoms with Crippen LogP contribution in [0, 0.1) is 12.7 Å². The highest BCUT2D eigenvalue weighted by atomic mass is 19.1. The first kappa shape index (κ1) is 18.5. The second-order valence-electron chi connectivity index (χ2n) is 6.12. The van der Waals surface area contributed by atoms with E-state index >= 15 is 0 Å². The molecule has 3 aromatic carbocycles. The van der Waals surface area contributed by atoms with Crippen molar-refractivity contribution in [3.63, 3.8) is 0 Å². The average molecular weight is 365 g/mol. The zero-order valence-electron chi connectivity index (χ0n) is 14.9. The molecule has 5 heteroatoms. The zero-order chi connectivity index (χ0) is 19.2. The number of para-hydroxylation sites is 1. The largest absolute Gasteiger partial charge is 0.488 e. The van der Waals surface area contributed by atoms with Crippen LogP contribution in [0.25, 0.3) is 0 Å². The summed E-state index contributed by atoms with van der Waals surface area (Å²) in [5.41, 5.74) is 3.08. The number of carboxylic acid groups (broad SMARTS) is 1. The summed E-state index contributed by atoms with van der Waals surface area (Å²) in [5.74, 6) is -0.598. The van der Waals surface area contributed by atoms with Crippen LogP contribution < -0.4 is 10.1 Å². The number of hydrogen-bond acceptors (Lipinski definition) is 3. The fourth-order valence-corrected chi connectivity index (χ4v) is 2.81. The van der Waals surface area contributed by atoms with Crippen LogP contribution in [0.2, 0.25) is 0 Å². The Morgan fingerprint density at radius 2 is 1.70 bits per heavy atom. The lowest BCUT2D eigenvalue weighted by atomic mass is 10.1. The lowest BCUT2D eigenvalue weighted by molar-refractivity contribution is 0.0696. The zero-order valence-corrected chi connectivity index (χ0v) is 14.9. The molecule has 0 radical (unpaired) electrons. The van der Waals surface area contributed by atoms with E-state index in [1.165, 1.54) is 6.07 Å². The topological polar surface area (TPSA) is 58.6 Å². The molecular formula is C22H20FNO3. The lowest BCUT2D eigenvalue weighted by Gasteiger charge is -2.15. The van der Waals surface area contributed by atoms with Crippen LogP contribution >= 0.6 is 0 Å². The van der Waals surface area contributed by atoms with Crippen LogP contribution in [0.1, 0.15) is 27.0 Å². The minimum absolute atomic E-state index is 0.136. The van der Waals surface area contributed by atoms with Crippen molar-refractivity contribution < 1.29 is 19.0 Å². The summed E-state index contributed by atoms with van der Waals surface area (Å²) in [7, 11) is 0. The van der Waals surface area contributed by atoms with Gasteiger partial charge >= 0.3 is 5.97 Å². The van der Waals surface area contributed by atoms with Crippen molar-refractivity contribution in [3.8, 4) is 5.75 Å². The van der Waals surface area contributed by atoms with Gasteiger partial charge in [0.1, 0.15) is 18.2 Å². The van der Waals surface area contributed by atoms with Gasteiger partial charge in [-0.05, 0) is 36.8 Å². The maximum atomic E-state index is 13.8. The van der Waals surface area contributed by atoms with Crippen LogP contribution in [0.4, 0.5) is 10.1 Å². The molecule has 0 atom stereocenters. The molecule has 2 N–H and O–H groups in total. The molecule has 0 aromatic heterocycles. The summed E-state index contributed by atoms with van der Waals surface area (Å²) in [4.78, 5) is 11.3. The molecule has 0 saturated carbocycles. The van der Waals surface area contributed by atoms with E-state index in [2.05, 4.69) is 5.32 Å². The summed E-state index contributed by atoms with van der Waals surface area (Å²) < 4.78 is 19.6. The van der Waals surface area contributed by atoms with Gasteiger partial charge < -0.3 is 15.2 Å². The Labute approximate surface area is 157 Å². The number of carbonyl (C=O) groups is 1. The molecule has 0 fully saturated rings. The number of benzene rings is 3. The molecule has 4 nitrogen and oxygen atoms in total. The van der Waals surface area contributed by atoms with E-state index in [-0.39, 0.29) is 18.0 Å². The lowest BCUT2D eigenvalue weighted by Crippen LogP contribution is -2.07. The van der Waals surface area contributed by atoms with Crippen LogP contribution in [-0.2, 0) is 13.2 Å². The third kappa shape index (κ3) is 4.44. The molecule has 27 heavy (non-hydrogen) atoms. The summed E-state index contributed by atoms with van der Waals surface area (Å²) in [6.07, 6.45) is 0. The van der Waals surface area contributed by atoms with Gasteiger partial charge in [-0.3, -0.25) is 0 Å². The molecule has 3 rings (SSSR count). The Bertz CT molecular complexity index is 956. The molecule has 0 saturated heterocycles. The Hall–Kier alpha value is -3.34. The highest BCUT2D eigenvalue weighted by molar-refractivity contribution is 5.91. The van der Waals surface area contributed by atoms with Gasteiger partial charge in [0.05, 0.1) is 5.56 Å². The van der Waals surface area contributed by atoms with Gasteiger partial charge in [0.2, 0.25) is 0 Å². The first-order chi connectivity index (χ1) is 13.1. The number of aromatic carboxylic acids is 1. The average Bonchev–Trinajstić information content (AvgIpc) is 2.67. The molecule has 3 aromatic rings. The summed E-state index contributed by atoms with van der Waals surface area (Å²) >= 11 is 0. The second-order valence-corrected chi connectivity index (χ2v) is 6.12. The summed E-state index contributed by atoms with van der Waals surface area (Å²) in [5, 5.41) is 12.5. The minimum atomic E-state index is -0.954. The Morgan fingerprint density at radius 1 is 1.00 bits per heavy atom. The van der Waals surface area contributed by atoms with Crippen molar-refractivity contribution in [3.05, 3.63) is 94.8 Å². The van der Waals surface area contributed by atoms with E-state index in [1.54, 1.807) is 37.3 Å². The first-order valence-electron chi connectivity index (χ1n) is 8.57. The van der Waals surface area contributed by atoms with Gasteiger partial charge in [0.15, 0.2) is 0 Å². The van der Waals surface area contributed by atoms with Gasteiger partial charge in [-0.2, -0.15) is 0 Å². The second kappa shape index (κ2) is 8.36. The number of hydrogen-bond donors (Lipinski definition) is 2. The van der Waals surface area contributed by atoms with E-state index in [4.69, 9.17) is 4.74 Å². The Morgan fingerprint density at radius 3 is 2.44 bits per heavy atom. The third-order valence-electron chi connectivity index (χ3n) is 4.35. The molecule has 0 spiro atoms. The van der Waals surface area contributed by atoms with Gasteiger partial charge in [-0.15, -0.1) is 0 Å². The maximum Gasteiger partial charge on any atom is 0.336 e. The van der Waals surface area contributed by atoms with E-state index < -0.39 is 5.97 Å². The van der Waals surface area contributed by atoms with Crippen molar-refractivity contribution in [2.24, 2.45) is 0 Å². The van der Waals surface area contributed by atoms with Crippen molar-refractivity contribution in [2.75, 3.05) is 5.32 Å². The summed E-state index contributed by atoms with van der Waals surface area (Å²) in [6.45, 7) is 2.36. The van der Waals surface area contributed by atoms with Gasteiger partial charge in [-0.25, -0.2) is 9.18 Å². The Kier molecular flexibility index (Phi) is 5.71. The van der Waals surface area contributed by atoms with Crippen molar-refractivity contribution in [1.29, 1.82) is 0 Å². The predicted octanol–water partition coefficient (Wildman–Crippen LogP) is 5.02. The third-order valence-corrected chi connectivity index (χ3v) is 4.35. The monoisotopic (exact) mass is 365 g/mol. The SMILES string of the molecule is Cc1c(NCc2ccccc2OCc2ccccc2F)cccc1C(=O)O. The van der Waals surface area contributed by atoms with Gasteiger partial charge in [0.25, 0.3) is 0 Å². The predicted molar refractivity (Wildman–Crippen MR) is 103 cm³/mol. The van der Waals surface area contributed by atoms with E-state index in [0.29, 0.717) is 23.4 Å². The van der Waals surface area contributed by atoms with Crippen molar-refractivity contribution in [1.82, 2.24) is 0 Å². The molecule has 138 valence electrons. The number of halogens is 1. The fourth-order valence-electron chi connectivity index (χ4n) is 2.81. The van der Waals surface area contributed by atoms with Crippen LogP contribution in [-0.4, -0.2) is 11.1 Å².